The van der Waals surface area contributed by atoms with Crippen LogP contribution >= 0.6 is 27.5 Å². The first-order valence-corrected chi connectivity index (χ1v) is 7.09. The maximum atomic E-state index is 6.21. The monoisotopic (exact) mass is 302 g/mol. The summed E-state index contributed by atoms with van der Waals surface area (Å²) in [7, 11) is 0. The molecule has 0 N–H and O–H groups in total. The Labute approximate surface area is 110 Å². The van der Waals surface area contributed by atoms with Crippen molar-refractivity contribution >= 4 is 27.5 Å². The number of rotatable bonds is 3. The quantitative estimate of drug-likeness (QED) is 0.765. The molecule has 0 amide bonds. The predicted octanol–water partition coefficient (Wildman–Crippen LogP) is 4.07. The van der Waals surface area contributed by atoms with E-state index >= 15 is 0 Å². The van der Waals surface area contributed by atoms with Gasteiger partial charge in [-0.25, -0.2) is 0 Å². The fourth-order valence-electron chi connectivity index (χ4n) is 2.29. The highest BCUT2D eigenvalue weighted by atomic mass is 79.9. The smallest absolute Gasteiger partial charge is 0.0615 e. The number of hydrogen-bond acceptors (Lipinski definition) is 1. The van der Waals surface area contributed by atoms with Crippen LogP contribution in [0, 0.1) is 5.41 Å². The van der Waals surface area contributed by atoms with Gasteiger partial charge in [0.15, 0.2) is 0 Å². The Bertz CT molecular complexity index is 369. The summed E-state index contributed by atoms with van der Waals surface area (Å²) in [6.07, 6.45) is 2.38. The molecule has 2 rings (SSSR count). The van der Waals surface area contributed by atoms with Crippen LogP contribution in [0.2, 0.25) is 5.02 Å². The summed E-state index contributed by atoms with van der Waals surface area (Å²) in [6, 6.07) is 8.09. The predicted molar refractivity (Wildman–Crippen MR) is 71.4 cm³/mol. The molecule has 2 atom stereocenters. The van der Waals surface area contributed by atoms with Crippen molar-refractivity contribution in [3.8, 4) is 0 Å². The van der Waals surface area contributed by atoms with Crippen molar-refractivity contribution in [2.45, 2.75) is 25.9 Å². The van der Waals surface area contributed by atoms with E-state index in [1.165, 1.54) is 5.56 Å². The first-order valence-electron chi connectivity index (χ1n) is 5.59. The minimum Gasteiger partial charge on any atom is -0.378 e. The van der Waals surface area contributed by atoms with E-state index in [1.807, 2.05) is 18.2 Å². The van der Waals surface area contributed by atoms with Crippen LogP contribution in [-0.2, 0) is 11.2 Å². The van der Waals surface area contributed by atoms with Crippen molar-refractivity contribution in [3.05, 3.63) is 34.9 Å². The molecule has 1 aliphatic rings. The zero-order chi connectivity index (χ0) is 11.6. The topological polar surface area (TPSA) is 9.23 Å². The van der Waals surface area contributed by atoms with Crippen LogP contribution in [0.15, 0.2) is 24.3 Å². The van der Waals surface area contributed by atoms with Gasteiger partial charge in [-0.2, -0.15) is 0 Å². The lowest BCUT2D eigenvalue weighted by Gasteiger charge is -2.30. The Morgan fingerprint density at radius 2 is 2.25 bits per heavy atom. The van der Waals surface area contributed by atoms with Crippen LogP contribution in [0.1, 0.15) is 18.9 Å². The molecule has 1 aromatic rings. The average molecular weight is 304 g/mol. The molecule has 0 aromatic heterocycles. The van der Waals surface area contributed by atoms with Crippen molar-refractivity contribution in [3.63, 3.8) is 0 Å². The van der Waals surface area contributed by atoms with E-state index in [2.05, 4.69) is 28.9 Å². The summed E-state index contributed by atoms with van der Waals surface area (Å²) < 4.78 is 5.70. The van der Waals surface area contributed by atoms with Crippen molar-refractivity contribution in [1.29, 1.82) is 0 Å². The molecular weight excluding hydrogens is 287 g/mol. The van der Waals surface area contributed by atoms with E-state index in [9.17, 15) is 0 Å². The van der Waals surface area contributed by atoms with E-state index in [0.717, 1.165) is 29.8 Å². The maximum absolute atomic E-state index is 6.21. The van der Waals surface area contributed by atoms with Gasteiger partial charge in [-0.1, -0.05) is 45.7 Å². The van der Waals surface area contributed by atoms with Crippen LogP contribution in [0.25, 0.3) is 0 Å². The first-order chi connectivity index (χ1) is 7.68. The minimum absolute atomic E-state index is 0.199. The summed E-state index contributed by atoms with van der Waals surface area (Å²) in [5.41, 5.74) is 1.42. The second kappa shape index (κ2) is 5.07. The van der Waals surface area contributed by atoms with E-state index in [-0.39, 0.29) is 5.41 Å². The maximum Gasteiger partial charge on any atom is 0.0615 e. The molecule has 1 aliphatic heterocycles. The number of alkyl halides is 1. The van der Waals surface area contributed by atoms with Crippen LogP contribution in [0.4, 0.5) is 0 Å². The summed E-state index contributed by atoms with van der Waals surface area (Å²) in [4.78, 5) is 0. The third kappa shape index (κ3) is 2.29. The summed E-state index contributed by atoms with van der Waals surface area (Å²) in [5.74, 6) is 0. The van der Waals surface area contributed by atoms with Gasteiger partial charge in [-0.15, -0.1) is 0 Å². The molecule has 0 saturated carbocycles. The highest BCUT2D eigenvalue weighted by Crippen LogP contribution is 2.40. The number of hydrogen-bond donors (Lipinski definition) is 0. The van der Waals surface area contributed by atoms with Crippen LogP contribution in [-0.4, -0.2) is 18.0 Å². The third-order valence-corrected chi connectivity index (χ3v) is 5.08. The van der Waals surface area contributed by atoms with Gasteiger partial charge in [0, 0.05) is 22.4 Å². The van der Waals surface area contributed by atoms with Gasteiger partial charge in [0.1, 0.15) is 0 Å². The van der Waals surface area contributed by atoms with E-state index in [0.29, 0.717) is 6.10 Å². The molecule has 0 radical (unpaired) electrons. The molecule has 1 aromatic carbocycles. The van der Waals surface area contributed by atoms with E-state index in [4.69, 9.17) is 16.3 Å². The van der Waals surface area contributed by atoms with Gasteiger partial charge >= 0.3 is 0 Å². The van der Waals surface area contributed by atoms with Gasteiger partial charge in [-0.05, 0) is 31.4 Å². The Morgan fingerprint density at radius 3 is 2.81 bits per heavy atom. The molecule has 0 aliphatic carbocycles. The third-order valence-electron chi connectivity index (χ3n) is 3.60. The fraction of sp³-hybridized carbons (Fsp3) is 0.538. The Hall–Kier alpha value is -0.0500. The number of ether oxygens (including phenoxy) is 1. The van der Waals surface area contributed by atoms with Crippen molar-refractivity contribution in [2.75, 3.05) is 11.9 Å². The molecular formula is C13H16BrClO. The summed E-state index contributed by atoms with van der Waals surface area (Å²) in [6.45, 7) is 3.02. The second-order valence-electron chi connectivity index (χ2n) is 4.53. The van der Waals surface area contributed by atoms with Crippen molar-refractivity contribution in [1.82, 2.24) is 0 Å². The van der Waals surface area contributed by atoms with Gasteiger partial charge in [-0.3, -0.25) is 0 Å². The normalized spacial score (nSPS) is 29.6. The average Bonchev–Trinajstić information content (AvgIpc) is 2.64. The molecule has 1 fully saturated rings. The molecule has 1 nitrogen and oxygen atoms in total. The molecule has 88 valence electrons. The van der Waals surface area contributed by atoms with Gasteiger partial charge in [0.2, 0.25) is 0 Å². The lowest BCUT2D eigenvalue weighted by Crippen LogP contribution is -2.33. The molecule has 1 heterocycles. The van der Waals surface area contributed by atoms with Crippen LogP contribution in [0.5, 0.6) is 0 Å². The Balaban J connectivity index is 2.22. The zero-order valence-electron chi connectivity index (χ0n) is 9.38. The van der Waals surface area contributed by atoms with E-state index < -0.39 is 0 Å². The van der Waals surface area contributed by atoms with Crippen LogP contribution in [0.3, 0.4) is 0 Å². The van der Waals surface area contributed by atoms with Crippen molar-refractivity contribution < 1.29 is 4.74 Å². The Morgan fingerprint density at radius 1 is 1.50 bits per heavy atom. The minimum atomic E-state index is 0.199. The molecule has 0 bridgehead atoms. The molecule has 3 heteroatoms. The van der Waals surface area contributed by atoms with Gasteiger partial charge in [0.05, 0.1) is 6.10 Å². The number of halogens is 2. The molecule has 2 unspecified atom stereocenters. The molecule has 1 saturated heterocycles. The Kier molecular flexibility index (Phi) is 3.93. The lowest BCUT2D eigenvalue weighted by atomic mass is 9.78. The highest BCUT2D eigenvalue weighted by molar-refractivity contribution is 9.09. The van der Waals surface area contributed by atoms with Gasteiger partial charge in [0.25, 0.3) is 0 Å². The lowest BCUT2D eigenvalue weighted by molar-refractivity contribution is 0.0746. The first kappa shape index (κ1) is 12.4. The second-order valence-corrected chi connectivity index (χ2v) is 5.50. The van der Waals surface area contributed by atoms with Crippen LogP contribution < -0.4 is 0 Å². The summed E-state index contributed by atoms with van der Waals surface area (Å²) >= 11 is 9.85. The van der Waals surface area contributed by atoms with Gasteiger partial charge < -0.3 is 4.74 Å². The number of benzene rings is 1. The SMILES string of the molecule is CC1OCCC1(CBr)Cc1ccccc1Cl. The summed E-state index contributed by atoms with van der Waals surface area (Å²) in [5, 5.41) is 1.83. The standard InChI is InChI=1S/C13H16BrClO/c1-10-13(9-14,6-7-16-10)8-11-4-2-3-5-12(11)15/h2-5,10H,6-9H2,1H3. The fourth-order valence-corrected chi connectivity index (χ4v) is 3.43. The highest BCUT2D eigenvalue weighted by Gasteiger charge is 2.40. The zero-order valence-corrected chi connectivity index (χ0v) is 11.7. The van der Waals surface area contributed by atoms with E-state index in [1.54, 1.807) is 0 Å². The molecule has 16 heavy (non-hydrogen) atoms. The molecule has 0 spiro atoms. The van der Waals surface area contributed by atoms with Crippen molar-refractivity contribution in [2.24, 2.45) is 5.41 Å². The largest absolute Gasteiger partial charge is 0.378 e.